The molecule has 136 valence electrons. The fourth-order valence-electron chi connectivity index (χ4n) is 3.05. The zero-order valence-corrected chi connectivity index (χ0v) is 15.7. The van der Waals surface area contributed by atoms with Gasteiger partial charge in [-0.3, -0.25) is 9.59 Å². The average Bonchev–Trinajstić information content (AvgIpc) is 3.33. The third-order valence-electron chi connectivity index (χ3n) is 4.45. The molecule has 0 unspecified atom stereocenters. The van der Waals surface area contributed by atoms with E-state index in [1.807, 2.05) is 41.8 Å². The van der Waals surface area contributed by atoms with Crippen molar-refractivity contribution in [2.45, 2.75) is 6.42 Å². The smallest absolute Gasteiger partial charge is 0.229 e. The molecule has 6 nitrogen and oxygen atoms in total. The maximum atomic E-state index is 12.6. The van der Waals surface area contributed by atoms with Gasteiger partial charge in [-0.15, -0.1) is 5.10 Å². The van der Waals surface area contributed by atoms with Gasteiger partial charge in [0.25, 0.3) is 0 Å². The number of halogens is 1. The van der Waals surface area contributed by atoms with Crippen LogP contribution in [0.1, 0.15) is 6.42 Å². The first-order chi connectivity index (χ1) is 13.1. The number of nitrogens with one attached hydrogen (secondary N) is 1. The van der Waals surface area contributed by atoms with Crippen LogP contribution in [0, 0.1) is 5.92 Å². The maximum absolute atomic E-state index is 12.6. The van der Waals surface area contributed by atoms with E-state index in [2.05, 4.69) is 14.9 Å². The Morgan fingerprint density at radius 1 is 1.19 bits per heavy atom. The van der Waals surface area contributed by atoms with Gasteiger partial charge < -0.3 is 10.2 Å². The van der Waals surface area contributed by atoms with Gasteiger partial charge in [-0.25, -0.2) is 0 Å². The van der Waals surface area contributed by atoms with Gasteiger partial charge in [0.2, 0.25) is 11.8 Å². The lowest BCUT2D eigenvalue weighted by Gasteiger charge is -2.18. The van der Waals surface area contributed by atoms with Crippen LogP contribution in [-0.4, -0.2) is 27.9 Å². The fraction of sp³-hybridized carbons (Fsp3) is 0.158. The van der Waals surface area contributed by atoms with Crippen LogP contribution in [0.15, 0.2) is 53.9 Å². The second-order valence-electron chi connectivity index (χ2n) is 6.21. The second-order valence-corrected chi connectivity index (χ2v) is 7.23. The number of hydrogen-bond acceptors (Lipinski definition) is 5. The molecule has 1 aliphatic heterocycles. The first-order valence-electron chi connectivity index (χ1n) is 8.35. The van der Waals surface area contributed by atoms with Gasteiger partial charge in [-0.05, 0) is 35.8 Å². The highest BCUT2D eigenvalue weighted by Crippen LogP contribution is 2.31. The summed E-state index contributed by atoms with van der Waals surface area (Å²) in [6, 6.07) is 14.5. The molecule has 1 aromatic heterocycles. The number of carbonyl (C=O) groups is 2. The van der Waals surface area contributed by atoms with Crippen LogP contribution in [0.4, 0.5) is 11.4 Å². The van der Waals surface area contributed by atoms with Crippen molar-refractivity contribution in [2.24, 2.45) is 5.92 Å². The molecule has 4 rings (SSSR count). The Morgan fingerprint density at radius 2 is 1.96 bits per heavy atom. The molecule has 0 bridgehead atoms. The first kappa shape index (κ1) is 17.6. The van der Waals surface area contributed by atoms with Crippen LogP contribution < -0.4 is 10.2 Å². The Bertz CT molecular complexity index is 976. The van der Waals surface area contributed by atoms with Crippen molar-refractivity contribution in [1.29, 1.82) is 0 Å². The van der Waals surface area contributed by atoms with Crippen molar-refractivity contribution < 1.29 is 9.59 Å². The number of anilines is 2. The zero-order chi connectivity index (χ0) is 18.8. The summed E-state index contributed by atoms with van der Waals surface area (Å²) in [5.41, 5.74) is 3.05. The highest BCUT2D eigenvalue weighted by molar-refractivity contribution is 7.03. The number of para-hydroxylation sites is 1. The van der Waals surface area contributed by atoms with E-state index in [4.69, 9.17) is 11.6 Å². The highest BCUT2D eigenvalue weighted by atomic mass is 35.5. The van der Waals surface area contributed by atoms with E-state index in [-0.39, 0.29) is 18.2 Å². The zero-order valence-electron chi connectivity index (χ0n) is 14.1. The summed E-state index contributed by atoms with van der Waals surface area (Å²) in [4.78, 5) is 26.5. The van der Waals surface area contributed by atoms with E-state index in [0.29, 0.717) is 22.9 Å². The number of hydrogen-bond donors (Lipinski definition) is 1. The lowest BCUT2D eigenvalue weighted by atomic mass is 10.1. The van der Waals surface area contributed by atoms with Gasteiger partial charge in [0.15, 0.2) is 0 Å². The number of amides is 2. The summed E-state index contributed by atoms with van der Waals surface area (Å²) >= 11 is 7.47. The SMILES string of the molecule is O=C(Nc1ccc(-c2csnn2)cc1)[C@H]1CC(=O)N(c2ccccc2Cl)C1. The number of benzene rings is 2. The molecule has 0 saturated carbocycles. The molecule has 1 saturated heterocycles. The minimum absolute atomic E-state index is 0.102. The molecular formula is C19H15ClN4O2S. The van der Waals surface area contributed by atoms with Crippen LogP contribution >= 0.6 is 23.1 Å². The molecule has 8 heteroatoms. The molecule has 1 fully saturated rings. The van der Waals surface area contributed by atoms with Gasteiger partial charge >= 0.3 is 0 Å². The molecule has 2 heterocycles. The maximum Gasteiger partial charge on any atom is 0.229 e. The minimum Gasteiger partial charge on any atom is -0.326 e. The van der Waals surface area contributed by atoms with E-state index in [1.165, 1.54) is 11.5 Å². The summed E-state index contributed by atoms with van der Waals surface area (Å²) in [6.07, 6.45) is 0.166. The van der Waals surface area contributed by atoms with Gasteiger partial charge in [0, 0.05) is 29.6 Å². The topological polar surface area (TPSA) is 75.2 Å². The van der Waals surface area contributed by atoms with Crippen LogP contribution in [-0.2, 0) is 9.59 Å². The predicted molar refractivity (Wildman–Crippen MR) is 106 cm³/mol. The van der Waals surface area contributed by atoms with Gasteiger partial charge in [-0.2, -0.15) is 0 Å². The molecule has 27 heavy (non-hydrogen) atoms. The largest absolute Gasteiger partial charge is 0.326 e. The number of nitrogens with zero attached hydrogens (tertiary/aromatic N) is 3. The Labute approximate surface area is 164 Å². The Balaban J connectivity index is 1.43. The fourth-order valence-corrected chi connectivity index (χ4v) is 3.75. The number of carbonyl (C=O) groups excluding carboxylic acids is 2. The molecule has 1 atom stereocenters. The Kier molecular flexibility index (Phi) is 4.87. The summed E-state index contributed by atoms with van der Waals surface area (Å²) in [5, 5.41) is 9.26. The Hall–Kier alpha value is -2.77. The molecule has 0 radical (unpaired) electrons. The van der Waals surface area contributed by atoms with Crippen molar-refractivity contribution in [1.82, 2.24) is 9.59 Å². The van der Waals surface area contributed by atoms with Gasteiger partial charge in [0.1, 0.15) is 5.69 Å². The minimum atomic E-state index is -0.420. The van der Waals surface area contributed by atoms with Crippen molar-refractivity contribution in [3.8, 4) is 11.3 Å². The van der Waals surface area contributed by atoms with E-state index < -0.39 is 5.92 Å². The molecule has 1 aliphatic rings. The van der Waals surface area contributed by atoms with Gasteiger partial charge in [-0.1, -0.05) is 40.4 Å². The monoisotopic (exact) mass is 398 g/mol. The lowest BCUT2D eigenvalue weighted by molar-refractivity contribution is -0.122. The Morgan fingerprint density at radius 3 is 2.67 bits per heavy atom. The number of rotatable bonds is 4. The van der Waals surface area contributed by atoms with E-state index in [1.54, 1.807) is 17.0 Å². The second kappa shape index (κ2) is 7.46. The third-order valence-corrected chi connectivity index (χ3v) is 5.27. The van der Waals surface area contributed by atoms with Crippen molar-refractivity contribution >= 4 is 46.3 Å². The van der Waals surface area contributed by atoms with E-state index in [9.17, 15) is 9.59 Å². The highest BCUT2D eigenvalue weighted by Gasteiger charge is 2.35. The van der Waals surface area contributed by atoms with E-state index in [0.717, 1.165) is 11.3 Å². The molecule has 3 aromatic rings. The molecule has 2 amide bonds. The van der Waals surface area contributed by atoms with Crippen molar-refractivity contribution in [3.05, 3.63) is 58.9 Å². The van der Waals surface area contributed by atoms with Crippen LogP contribution in [0.2, 0.25) is 5.02 Å². The summed E-state index contributed by atoms with van der Waals surface area (Å²) in [5.74, 6) is -0.702. The van der Waals surface area contributed by atoms with Crippen LogP contribution in [0.3, 0.4) is 0 Å². The third kappa shape index (κ3) is 3.70. The number of aromatic nitrogens is 2. The lowest BCUT2D eigenvalue weighted by Crippen LogP contribution is -2.28. The van der Waals surface area contributed by atoms with Gasteiger partial charge in [0.05, 0.1) is 16.6 Å². The van der Waals surface area contributed by atoms with Crippen molar-refractivity contribution in [3.63, 3.8) is 0 Å². The quantitative estimate of drug-likeness (QED) is 0.724. The summed E-state index contributed by atoms with van der Waals surface area (Å²) < 4.78 is 3.84. The average molecular weight is 399 g/mol. The summed E-state index contributed by atoms with van der Waals surface area (Å²) in [7, 11) is 0. The van der Waals surface area contributed by atoms with E-state index >= 15 is 0 Å². The molecule has 0 aliphatic carbocycles. The van der Waals surface area contributed by atoms with Crippen LogP contribution in [0.5, 0.6) is 0 Å². The standard InChI is InChI=1S/C19H15ClN4O2S/c20-15-3-1-2-4-17(15)24-10-13(9-18(24)25)19(26)21-14-7-5-12(6-8-14)16-11-27-23-22-16/h1-8,11,13H,9-10H2,(H,21,26)/t13-/m0/s1. The molecular weight excluding hydrogens is 384 g/mol. The summed E-state index contributed by atoms with van der Waals surface area (Å²) in [6.45, 7) is 0.316. The van der Waals surface area contributed by atoms with Crippen molar-refractivity contribution in [2.75, 3.05) is 16.8 Å². The molecule has 0 spiro atoms. The molecule has 1 N–H and O–H groups in total. The first-order valence-corrected chi connectivity index (χ1v) is 9.56. The van der Waals surface area contributed by atoms with Crippen LogP contribution in [0.25, 0.3) is 11.3 Å². The normalized spacial score (nSPS) is 16.6. The predicted octanol–water partition coefficient (Wildman–Crippen LogP) is 3.85. The molecule has 2 aromatic carbocycles.